The van der Waals surface area contributed by atoms with Crippen molar-refractivity contribution in [3.8, 4) is 0 Å². The van der Waals surface area contributed by atoms with E-state index in [0.29, 0.717) is 23.1 Å². The molecule has 3 aromatic heterocycles. The van der Waals surface area contributed by atoms with Gasteiger partial charge in [0.25, 0.3) is 0 Å². The molecule has 3 N–H and O–H groups in total. The molecule has 0 spiro atoms. The third-order valence-corrected chi connectivity index (χ3v) is 2.30. The molecule has 0 unspecified atom stereocenters. The summed E-state index contributed by atoms with van der Waals surface area (Å²) in [5, 5.41) is 7.25. The number of nitrogen functional groups attached to an aromatic ring is 1. The molecule has 0 saturated heterocycles. The van der Waals surface area contributed by atoms with Crippen molar-refractivity contribution in [1.82, 2.24) is 19.6 Å². The average Bonchev–Trinajstić information content (AvgIpc) is 2.74. The van der Waals surface area contributed by atoms with Crippen LogP contribution in [0.2, 0.25) is 0 Å². The zero-order valence-electron chi connectivity index (χ0n) is 8.91. The molecular weight excluding hydrogens is 216 g/mol. The van der Waals surface area contributed by atoms with Gasteiger partial charge in [0.1, 0.15) is 5.82 Å². The molecule has 0 aliphatic carbocycles. The Labute approximate surface area is 97.1 Å². The van der Waals surface area contributed by atoms with E-state index in [4.69, 9.17) is 5.73 Å². The molecule has 3 aromatic rings. The largest absolute Gasteiger partial charge is 0.396 e. The Hall–Kier alpha value is -2.63. The summed E-state index contributed by atoms with van der Waals surface area (Å²) in [5.74, 6) is 1.17. The maximum absolute atomic E-state index is 5.80. The molecule has 3 heterocycles. The van der Waals surface area contributed by atoms with Gasteiger partial charge in [0.15, 0.2) is 5.65 Å². The third-order valence-electron chi connectivity index (χ3n) is 2.30. The molecule has 0 bridgehead atoms. The van der Waals surface area contributed by atoms with Crippen LogP contribution in [0, 0.1) is 0 Å². The number of pyridine rings is 2. The van der Waals surface area contributed by atoms with E-state index in [-0.39, 0.29) is 0 Å². The highest BCUT2D eigenvalue weighted by Crippen LogP contribution is 2.14. The van der Waals surface area contributed by atoms with Gasteiger partial charge in [0.05, 0.1) is 5.69 Å². The molecule has 3 rings (SSSR count). The van der Waals surface area contributed by atoms with Gasteiger partial charge >= 0.3 is 0 Å². The van der Waals surface area contributed by atoms with Crippen molar-refractivity contribution in [3.63, 3.8) is 0 Å². The first-order valence-electron chi connectivity index (χ1n) is 5.12. The summed E-state index contributed by atoms with van der Waals surface area (Å²) in [4.78, 5) is 8.42. The standard InChI is InChI=1S/C11H10N6/c12-8-4-3-7-17-10(8)15-11(16-17)14-9-5-1-2-6-13-9/h1-7H,12H2,(H,13,14,16). The second-order valence-corrected chi connectivity index (χ2v) is 3.51. The average molecular weight is 226 g/mol. The van der Waals surface area contributed by atoms with Gasteiger partial charge in [-0.1, -0.05) is 6.07 Å². The van der Waals surface area contributed by atoms with E-state index in [0.717, 1.165) is 0 Å². The van der Waals surface area contributed by atoms with Crippen LogP contribution in [0.1, 0.15) is 0 Å². The molecule has 0 aliphatic heterocycles. The number of nitrogens with two attached hydrogens (primary N) is 1. The summed E-state index contributed by atoms with van der Waals surface area (Å²) < 4.78 is 1.63. The molecule has 0 amide bonds. The number of nitrogens with zero attached hydrogens (tertiary/aromatic N) is 4. The quantitative estimate of drug-likeness (QED) is 0.691. The van der Waals surface area contributed by atoms with Crippen LogP contribution in [0.4, 0.5) is 17.5 Å². The highest BCUT2D eigenvalue weighted by Gasteiger charge is 2.05. The fourth-order valence-corrected chi connectivity index (χ4v) is 1.53. The highest BCUT2D eigenvalue weighted by atomic mass is 15.4. The van der Waals surface area contributed by atoms with E-state index in [1.807, 2.05) is 24.3 Å². The number of fused-ring (bicyclic) bond motifs is 1. The van der Waals surface area contributed by atoms with Gasteiger partial charge in [0.2, 0.25) is 5.95 Å². The number of hydrogen-bond acceptors (Lipinski definition) is 5. The number of rotatable bonds is 2. The molecule has 0 radical (unpaired) electrons. The summed E-state index contributed by atoms with van der Waals surface area (Å²) in [7, 11) is 0. The summed E-state index contributed by atoms with van der Waals surface area (Å²) in [6.07, 6.45) is 3.49. The predicted octanol–water partition coefficient (Wildman–Crippen LogP) is 1.45. The van der Waals surface area contributed by atoms with E-state index in [2.05, 4.69) is 20.4 Å². The lowest BCUT2D eigenvalue weighted by atomic mass is 10.4. The molecule has 6 nitrogen and oxygen atoms in total. The zero-order chi connectivity index (χ0) is 11.7. The van der Waals surface area contributed by atoms with Gasteiger partial charge in [-0.25, -0.2) is 9.50 Å². The van der Waals surface area contributed by atoms with Crippen LogP contribution in [-0.2, 0) is 0 Å². The van der Waals surface area contributed by atoms with E-state index < -0.39 is 0 Å². The van der Waals surface area contributed by atoms with Crippen LogP contribution < -0.4 is 11.1 Å². The first-order chi connectivity index (χ1) is 8.33. The topological polar surface area (TPSA) is 81.1 Å². The first-order valence-corrected chi connectivity index (χ1v) is 5.12. The smallest absolute Gasteiger partial charge is 0.248 e. The Morgan fingerprint density at radius 1 is 1.18 bits per heavy atom. The Morgan fingerprint density at radius 3 is 2.88 bits per heavy atom. The minimum Gasteiger partial charge on any atom is -0.396 e. The Kier molecular flexibility index (Phi) is 2.11. The second kappa shape index (κ2) is 3.75. The van der Waals surface area contributed by atoms with Gasteiger partial charge in [-0.05, 0) is 24.3 Å². The number of hydrogen-bond donors (Lipinski definition) is 2. The van der Waals surface area contributed by atoms with E-state index in [9.17, 15) is 0 Å². The molecule has 0 atom stereocenters. The predicted molar refractivity (Wildman–Crippen MR) is 64.9 cm³/mol. The summed E-state index contributed by atoms with van der Waals surface area (Å²) in [6, 6.07) is 9.19. The summed E-state index contributed by atoms with van der Waals surface area (Å²) in [6.45, 7) is 0. The van der Waals surface area contributed by atoms with Crippen LogP contribution in [0.5, 0.6) is 0 Å². The Morgan fingerprint density at radius 2 is 2.12 bits per heavy atom. The molecule has 0 fully saturated rings. The SMILES string of the molecule is Nc1cccn2nc(Nc3ccccn3)nc12. The van der Waals surface area contributed by atoms with Gasteiger partial charge in [0, 0.05) is 12.4 Å². The number of nitrogens with one attached hydrogen (secondary N) is 1. The summed E-state index contributed by atoms with van der Waals surface area (Å²) in [5.41, 5.74) is 7.02. The Bertz CT molecular complexity index is 645. The van der Waals surface area contributed by atoms with Gasteiger partial charge < -0.3 is 11.1 Å². The first kappa shape index (κ1) is 9.59. The fourth-order valence-electron chi connectivity index (χ4n) is 1.53. The monoisotopic (exact) mass is 226 g/mol. The molecular formula is C11H10N6. The molecule has 84 valence electrons. The lowest BCUT2D eigenvalue weighted by Gasteiger charge is -1.97. The molecule has 0 aliphatic rings. The minimum absolute atomic E-state index is 0.474. The maximum atomic E-state index is 5.80. The van der Waals surface area contributed by atoms with Crippen LogP contribution in [0.3, 0.4) is 0 Å². The lowest BCUT2D eigenvalue weighted by molar-refractivity contribution is 0.965. The lowest BCUT2D eigenvalue weighted by Crippen LogP contribution is -1.94. The van der Waals surface area contributed by atoms with Crippen molar-refractivity contribution in [2.24, 2.45) is 0 Å². The molecule has 6 heteroatoms. The van der Waals surface area contributed by atoms with Crippen LogP contribution in [-0.4, -0.2) is 19.6 Å². The van der Waals surface area contributed by atoms with Crippen LogP contribution in [0.15, 0.2) is 42.7 Å². The fraction of sp³-hybridized carbons (Fsp3) is 0. The van der Waals surface area contributed by atoms with E-state index in [1.54, 1.807) is 23.0 Å². The number of aromatic nitrogens is 4. The third kappa shape index (κ3) is 1.76. The summed E-state index contributed by atoms with van der Waals surface area (Å²) >= 11 is 0. The minimum atomic E-state index is 0.474. The van der Waals surface area contributed by atoms with Crippen molar-refractivity contribution in [3.05, 3.63) is 42.7 Å². The molecule has 0 saturated carbocycles. The van der Waals surface area contributed by atoms with Crippen LogP contribution >= 0.6 is 0 Å². The van der Waals surface area contributed by atoms with Crippen molar-refractivity contribution in [2.45, 2.75) is 0 Å². The normalized spacial score (nSPS) is 10.6. The van der Waals surface area contributed by atoms with E-state index >= 15 is 0 Å². The van der Waals surface area contributed by atoms with Crippen LogP contribution in [0.25, 0.3) is 5.65 Å². The zero-order valence-corrected chi connectivity index (χ0v) is 8.91. The molecule has 0 aromatic carbocycles. The van der Waals surface area contributed by atoms with Crippen molar-refractivity contribution >= 4 is 23.1 Å². The van der Waals surface area contributed by atoms with Crippen molar-refractivity contribution in [1.29, 1.82) is 0 Å². The van der Waals surface area contributed by atoms with Crippen molar-refractivity contribution in [2.75, 3.05) is 11.1 Å². The van der Waals surface area contributed by atoms with Gasteiger partial charge in [-0.3, -0.25) is 0 Å². The van der Waals surface area contributed by atoms with Crippen molar-refractivity contribution < 1.29 is 0 Å². The van der Waals surface area contributed by atoms with Gasteiger partial charge in [-0.15, -0.1) is 5.10 Å². The number of anilines is 3. The Balaban J connectivity index is 1.99. The second-order valence-electron chi connectivity index (χ2n) is 3.51. The van der Waals surface area contributed by atoms with Gasteiger partial charge in [-0.2, -0.15) is 4.98 Å². The molecule has 17 heavy (non-hydrogen) atoms. The highest BCUT2D eigenvalue weighted by molar-refractivity contribution is 5.66. The maximum Gasteiger partial charge on any atom is 0.248 e. The van der Waals surface area contributed by atoms with E-state index in [1.165, 1.54) is 0 Å².